The molecule has 0 saturated heterocycles. The quantitative estimate of drug-likeness (QED) is 0.667. The van der Waals surface area contributed by atoms with E-state index < -0.39 is 0 Å². The van der Waals surface area contributed by atoms with E-state index in [2.05, 4.69) is 17.6 Å². The third-order valence-electron chi connectivity index (χ3n) is 3.28. The summed E-state index contributed by atoms with van der Waals surface area (Å²) in [5.74, 6) is 1.63. The van der Waals surface area contributed by atoms with Crippen molar-refractivity contribution < 1.29 is 9.90 Å². The lowest BCUT2D eigenvalue weighted by Crippen LogP contribution is -2.38. The maximum atomic E-state index is 11.2. The molecule has 16 heavy (non-hydrogen) atoms. The molecular formula is C12H24N2O2. The molecule has 1 rings (SSSR count). The summed E-state index contributed by atoms with van der Waals surface area (Å²) >= 11 is 0. The molecule has 0 bridgehead atoms. The smallest absolute Gasteiger partial charge is 0.314 e. The number of nitrogens with one attached hydrogen (secondary N) is 2. The van der Waals surface area contributed by atoms with E-state index in [4.69, 9.17) is 5.11 Å². The van der Waals surface area contributed by atoms with E-state index >= 15 is 0 Å². The second-order valence-electron chi connectivity index (χ2n) is 4.83. The van der Waals surface area contributed by atoms with Crippen molar-refractivity contribution in [1.82, 2.24) is 10.6 Å². The van der Waals surface area contributed by atoms with Crippen LogP contribution in [0.15, 0.2) is 0 Å². The molecule has 0 aromatic rings. The highest BCUT2D eigenvalue weighted by molar-refractivity contribution is 5.73. The Morgan fingerprint density at radius 2 is 2.06 bits per heavy atom. The van der Waals surface area contributed by atoms with Crippen LogP contribution in [0.4, 0.5) is 4.79 Å². The average molecular weight is 228 g/mol. The molecule has 94 valence electrons. The van der Waals surface area contributed by atoms with Crippen molar-refractivity contribution in [3.05, 3.63) is 0 Å². The van der Waals surface area contributed by atoms with E-state index in [0.29, 0.717) is 6.54 Å². The molecule has 1 aliphatic rings. The fourth-order valence-corrected chi connectivity index (χ4v) is 2.44. The molecule has 1 saturated carbocycles. The number of aliphatic hydroxyl groups excluding tert-OH is 1. The molecule has 4 nitrogen and oxygen atoms in total. The molecule has 0 aliphatic heterocycles. The number of aliphatic hydroxyl groups is 1. The topological polar surface area (TPSA) is 61.4 Å². The maximum Gasteiger partial charge on any atom is 0.314 e. The summed E-state index contributed by atoms with van der Waals surface area (Å²) in [6.45, 7) is 3.38. The minimum Gasteiger partial charge on any atom is -0.395 e. The maximum absolute atomic E-state index is 11.2. The molecule has 2 unspecified atom stereocenters. The second-order valence-corrected chi connectivity index (χ2v) is 4.83. The van der Waals surface area contributed by atoms with Crippen molar-refractivity contribution in [3.63, 3.8) is 0 Å². The molecule has 0 aromatic heterocycles. The Balaban J connectivity index is 2.03. The molecule has 0 radical (unpaired) electrons. The van der Waals surface area contributed by atoms with Crippen molar-refractivity contribution in [2.24, 2.45) is 11.8 Å². The van der Waals surface area contributed by atoms with Gasteiger partial charge in [0, 0.05) is 13.1 Å². The minimum atomic E-state index is -0.169. The zero-order valence-electron chi connectivity index (χ0n) is 10.2. The number of urea groups is 1. The van der Waals surface area contributed by atoms with Crippen molar-refractivity contribution in [3.8, 4) is 0 Å². The molecule has 0 spiro atoms. The van der Waals surface area contributed by atoms with Gasteiger partial charge in [0.25, 0.3) is 0 Å². The summed E-state index contributed by atoms with van der Waals surface area (Å²) in [4.78, 5) is 11.2. The fourth-order valence-electron chi connectivity index (χ4n) is 2.44. The first-order valence-electron chi connectivity index (χ1n) is 6.35. The van der Waals surface area contributed by atoms with Gasteiger partial charge in [-0.3, -0.25) is 0 Å². The van der Waals surface area contributed by atoms with E-state index in [-0.39, 0.29) is 12.6 Å². The number of carbonyl (C=O) groups excluding carboxylic acids is 1. The highest BCUT2D eigenvalue weighted by atomic mass is 16.3. The fraction of sp³-hybridized carbons (Fsp3) is 0.917. The van der Waals surface area contributed by atoms with Crippen LogP contribution in [0.5, 0.6) is 0 Å². The Labute approximate surface area is 97.8 Å². The first-order valence-corrected chi connectivity index (χ1v) is 6.35. The third-order valence-corrected chi connectivity index (χ3v) is 3.28. The van der Waals surface area contributed by atoms with E-state index in [1.807, 2.05) is 0 Å². The lowest BCUT2D eigenvalue weighted by molar-refractivity contribution is 0.230. The van der Waals surface area contributed by atoms with Gasteiger partial charge in [-0.15, -0.1) is 0 Å². The number of carbonyl (C=O) groups is 1. The molecule has 2 amide bonds. The van der Waals surface area contributed by atoms with Gasteiger partial charge in [-0.25, -0.2) is 4.79 Å². The van der Waals surface area contributed by atoms with E-state index in [1.165, 1.54) is 25.7 Å². The van der Waals surface area contributed by atoms with E-state index in [9.17, 15) is 4.79 Å². The number of rotatable bonds is 5. The predicted octanol–water partition coefficient (Wildman–Crippen LogP) is 1.49. The summed E-state index contributed by atoms with van der Waals surface area (Å²) in [6, 6.07) is -0.169. The Bertz CT molecular complexity index is 209. The zero-order chi connectivity index (χ0) is 11.8. The van der Waals surface area contributed by atoms with Crippen molar-refractivity contribution >= 4 is 6.03 Å². The Morgan fingerprint density at radius 1 is 1.31 bits per heavy atom. The largest absolute Gasteiger partial charge is 0.395 e. The van der Waals surface area contributed by atoms with E-state index in [0.717, 1.165) is 24.8 Å². The molecule has 0 heterocycles. The first-order chi connectivity index (χ1) is 7.72. The standard InChI is InChI=1S/C12H24N2O2/c1-10-3-2-4-11(9-10)5-6-13-12(16)14-7-8-15/h10-11,15H,2-9H2,1H3,(H2,13,14,16). The van der Waals surface area contributed by atoms with Crippen LogP contribution in [0.25, 0.3) is 0 Å². The zero-order valence-corrected chi connectivity index (χ0v) is 10.2. The van der Waals surface area contributed by atoms with Crippen LogP contribution in [0.3, 0.4) is 0 Å². The summed E-state index contributed by atoms with van der Waals surface area (Å²) in [6.07, 6.45) is 6.39. The molecule has 4 heteroatoms. The van der Waals surface area contributed by atoms with Crippen LogP contribution < -0.4 is 10.6 Å². The van der Waals surface area contributed by atoms with Crippen LogP contribution in [-0.4, -0.2) is 30.8 Å². The molecule has 2 atom stereocenters. The second kappa shape index (κ2) is 7.49. The summed E-state index contributed by atoms with van der Waals surface area (Å²) < 4.78 is 0. The number of hydrogen-bond donors (Lipinski definition) is 3. The summed E-state index contributed by atoms with van der Waals surface area (Å²) in [5.41, 5.74) is 0. The highest BCUT2D eigenvalue weighted by Gasteiger charge is 2.18. The van der Waals surface area contributed by atoms with Crippen LogP contribution in [-0.2, 0) is 0 Å². The monoisotopic (exact) mass is 228 g/mol. The van der Waals surface area contributed by atoms with Crippen LogP contribution in [0.2, 0.25) is 0 Å². The van der Waals surface area contributed by atoms with Gasteiger partial charge in [-0.05, 0) is 24.7 Å². The van der Waals surface area contributed by atoms with Crippen molar-refractivity contribution in [2.75, 3.05) is 19.7 Å². The summed E-state index contributed by atoms with van der Waals surface area (Å²) in [7, 11) is 0. The number of hydrogen-bond acceptors (Lipinski definition) is 2. The van der Waals surface area contributed by atoms with Gasteiger partial charge in [-0.1, -0.05) is 26.2 Å². The van der Waals surface area contributed by atoms with Gasteiger partial charge in [-0.2, -0.15) is 0 Å². The molecule has 1 fully saturated rings. The molecular weight excluding hydrogens is 204 g/mol. The number of amides is 2. The van der Waals surface area contributed by atoms with Gasteiger partial charge < -0.3 is 15.7 Å². The lowest BCUT2D eigenvalue weighted by Gasteiger charge is -2.26. The normalized spacial score (nSPS) is 25.1. The van der Waals surface area contributed by atoms with E-state index in [1.54, 1.807) is 0 Å². The van der Waals surface area contributed by atoms with Crippen molar-refractivity contribution in [2.45, 2.75) is 39.0 Å². The average Bonchev–Trinajstić information content (AvgIpc) is 2.26. The molecule has 1 aliphatic carbocycles. The lowest BCUT2D eigenvalue weighted by atomic mass is 9.81. The van der Waals surface area contributed by atoms with Crippen molar-refractivity contribution in [1.29, 1.82) is 0 Å². The van der Waals surface area contributed by atoms with Gasteiger partial charge in [0.05, 0.1) is 6.61 Å². The third kappa shape index (κ3) is 5.35. The van der Waals surface area contributed by atoms with Gasteiger partial charge >= 0.3 is 6.03 Å². The van der Waals surface area contributed by atoms with Gasteiger partial charge in [0.2, 0.25) is 0 Å². The van der Waals surface area contributed by atoms with Gasteiger partial charge in [0.15, 0.2) is 0 Å². The van der Waals surface area contributed by atoms with Crippen LogP contribution in [0, 0.1) is 11.8 Å². The van der Waals surface area contributed by atoms with Gasteiger partial charge in [0.1, 0.15) is 0 Å². The molecule has 0 aromatic carbocycles. The first kappa shape index (κ1) is 13.3. The van der Waals surface area contributed by atoms with Crippen LogP contribution >= 0.6 is 0 Å². The summed E-state index contributed by atoms with van der Waals surface area (Å²) in [5, 5.41) is 13.9. The Kier molecular flexibility index (Phi) is 6.23. The molecule has 3 N–H and O–H groups in total. The highest BCUT2D eigenvalue weighted by Crippen LogP contribution is 2.30. The minimum absolute atomic E-state index is 0.00639. The Morgan fingerprint density at radius 3 is 2.75 bits per heavy atom. The predicted molar refractivity (Wildman–Crippen MR) is 64.2 cm³/mol. The SMILES string of the molecule is CC1CCCC(CCNC(=O)NCCO)C1. The Hall–Kier alpha value is -0.770. The van der Waals surface area contributed by atoms with Crippen LogP contribution in [0.1, 0.15) is 39.0 Å².